The van der Waals surface area contributed by atoms with Crippen LogP contribution in [0, 0.1) is 5.41 Å². The quantitative estimate of drug-likeness (QED) is 0.590. The van der Waals surface area contributed by atoms with Crippen LogP contribution in [-0.4, -0.2) is 35.4 Å². The highest BCUT2D eigenvalue weighted by Gasteiger charge is 2.25. The Morgan fingerprint density at radius 2 is 1.68 bits per heavy atom. The van der Waals surface area contributed by atoms with Crippen molar-refractivity contribution in [2.24, 2.45) is 5.41 Å². The van der Waals surface area contributed by atoms with E-state index in [4.69, 9.17) is 5.11 Å². The predicted molar refractivity (Wildman–Crippen MR) is 83.7 cm³/mol. The van der Waals surface area contributed by atoms with E-state index in [-0.39, 0.29) is 23.6 Å². The summed E-state index contributed by atoms with van der Waals surface area (Å²) in [7, 11) is 0. The average Bonchev–Trinajstić information content (AvgIpc) is 2.55. The van der Waals surface area contributed by atoms with E-state index in [0.717, 1.165) is 18.4 Å². The fraction of sp³-hybridized carbons (Fsp3) is 0.500. The smallest absolute Gasteiger partial charge is 0.335 e. The number of urea groups is 1. The summed E-state index contributed by atoms with van der Waals surface area (Å²) >= 11 is 0. The summed E-state index contributed by atoms with van der Waals surface area (Å²) in [4.78, 5) is 22.5. The number of aromatic carboxylic acids is 1. The largest absolute Gasteiger partial charge is 0.478 e. The van der Waals surface area contributed by atoms with Crippen LogP contribution >= 0.6 is 0 Å². The molecule has 0 heterocycles. The summed E-state index contributed by atoms with van der Waals surface area (Å²) in [6.07, 6.45) is 1.58. The molecule has 4 N–H and O–H groups in total. The van der Waals surface area contributed by atoms with Gasteiger partial charge in [-0.25, -0.2) is 9.59 Å². The van der Waals surface area contributed by atoms with Gasteiger partial charge in [0, 0.05) is 18.5 Å². The van der Waals surface area contributed by atoms with Crippen LogP contribution in [0.2, 0.25) is 0 Å². The maximum atomic E-state index is 11.8. The van der Waals surface area contributed by atoms with Gasteiger partial charge in [0.05, 0.1) is 12.2 Å². The lowest BCUT2D eigenvalue weighted by atomic mass is 9.83. The summed E-state index contributed by atoms with van der Waals surface area (Å²) in [5.74, 6) is -0.975. The predicted octanol–water partition coefficient (Wildman–Crippen LogP) is 1.98. The molecule has 1 aromatic rings. The molecule has 0 saturated carbocycles. The van der Waals surface area contributed by atoms with E-state index in [1.165, 1.54) is 12.1 Å². The molecule has 0 fully saturated rings. The van der Waals surface area contributed by atoms with Gasteiger partial charge < -0.3 is 20.8 Å². The van der Waals surface area contributed by atoms with Gasteiger partial charge in [-0.05, 0) is 30.5 Å². The number of rotatable bonds is 8. The summed E-state index contributed by atoms with van der Waals surface area (Å²) in [5.41, 5.74) is 0.756. The lowest BCUT2D eigenvalue weighted by Crippen LogP contribution is -2.43. The van der Waals surface area contributed by atoms with Gasteiger partial charge in [-0.15, -0.1) is 0 Å². The van der Waals surface area contributed by atoms with Crippen molar-refractivity contribution >= 4 is 12.0 Å². The Morgan fingerprint density at radius 3 is 2.14 bits per heavy atom. The van der Waals surface area contributed by atoms with Crippen LogP contribution in [0.1, 0.15) is 42.6 Å². The number of carbonyl (C=O) groups excluding carboxylic acids is 1. The normalized spacial score (nSPS) is 11.0. The van der Waals surface area contributed by atoms with Crippen molar-refractivity contribution < 1.29 is 19.8 Å². The van der Waals surface area contributed by atoms with Gasteiger partial charge in [0.1, 0.15) is 0 Å². The van der Waals surface area contributed by atoms with E-state index in [1.54, 1.807) is 12.1 Å². The molecule has 1 rings (SSSR count). The number of aliphatic hydroxyl groups is 1. The number of carbonyl (C=O) groups is 2. The summed E-state index contributed by atoms with van der Waals surface area (Å²) in [6.45, 7) is 4.75. The molecule has 0 aliphatic rings. The minimum atomic E-state index is -0.975. The van der Waals surface area contributed by atoms with Crippen molar-refractivity contribution in [1.82, 2.24) is 10.6 Å². The monoisotopic (exact) mass is 308 g/mol. The number of hydrogen-bond acceptors (Lipinski definition) is 3. The van der Waals surface area contributed by atoms with Crippen molar-refractivity contribution in [3.63, 3.8) is 0 Å². The van der Waals surface area contributed by atoms with Crippen molar-refractivity contribution in [1.29, 1.82) is 0 Å². The zero-order valence-electron chi connectivity index (χ0n) is 13.1. The van der Waals surface area contributed by atoms with Gasteiger partial charge in [0.15, 0.2) is 0 Å². The highest BCUT2D eigenvalue weighted by Crippen LogP contribution is 2.24. The van der Waals surface area contributed by atoms with E-state index >= 15 is 0 Å². The van der Waals surface area contributed by atoms with Gasteiger partial charge in [-0.3, -0.25) is 0 Å². The van der Waals surface area contributed by atoms with Gasteiger partial charge in [0.25, 0.3) is 0 Å². The van der Waals surface area contributed by atoms with E-state index < -0.39 is 5.97 Å². The van der Waals surface area contributed by atoms with Gasteiger partial charge >= 0.3 is 12.0 Å². The first kappa shape index (κ1) is 18.0. The molecule has 6 nitrogen and oxygen atoms in total. The second-order valence-electron chi connectivity index (χ2n) is 5.40. The minimum Gasteiger partial charge on any atom is -0.478 e. The second-order valence-corrected chi connectivity index (χ2v) is 5.40. The zero-order valence-corrected chi connectivity index (χ0v) is 13.1. The molecule has 1 aromatic carbocycles. The molecule has 0 aliphatic heterocycles. The first-order valence-electron chi connectivity index (χ1n) is 7.41. The fourth-order valence-corrected chi connectivity index (χ4v) is 2.06. The van der Waals surface area contributed by atoms with Gasteiger partial charge in [0.2, 0.25) is 0 Å². The molecule has 0 aromatic heterocycles. The first-order valence-corrected chi connectivity index (χ1v) is 7.41. The third-order valence-electron chi connectivity index (χ3n) is 4.11. The molecule has 0 spiro atoms. The minimum absolute atomic E-state index is 0.0386. The standard InChI is InChI=1S/C16H24N2O4/c1-3-16(4-2,11-19)10-18-15(22)17-9-12-5-7-13(8-6-12)14(20)21/h5-8,19H,3-4,9-11H2,1-2H3,(H,20,21)(H2,17,18,22). The molecule has 122 valence electrons. The Balaban J connectivity index is 2.44. The van der Waals surface area contributed by atoms with Crippen molar-refractivity contribution in [3.8, 4) is 0 Å². The van der Waals surface area contributed by atoms with E-state index in [0.29, 0.717) is 13.1 Å². The Hall–Kier alpha value is -2.08. The Labute approximate surface area is 130 Å². The lowest BCUT2D eigenvalue weighted by Gasteiger charge is -2.29. The maximum Gasteiger partial charge on any atom is 0.335 e. The lowest BCUT2D eigenvalue weighted by molar-refractivity contribution is 0.0697. The Kier molecular flexibility index (Phi) is 6.85. The van der Waals surface area contributed by atoms with Crippen molar-refractivity contribution in [2.45, 2.75) is 33.2 Å². The van der Waals surface area contributed by atoms with Crippen LogP contribution in [0.5, 0.6) is 0 Å². The highest BCUT2D eigenvalue weighted by atomic mass is 16.4. The highest BCUT2D eigenvalue weighted by molar-refractivity contribution is 5.87. The molecular formula is C16H24N2O4. The number of benzene rings is 1. The number of nitrogens with one attached hydrogen (secondary N) is 2. The topological polar surface area (TPSA) is 98.7 Å². The SMILES string of the molecule is CCC(CC)(CO)CNC(=O)NCc1ccc(C(=O)O)cc1. The summed E-state index contributed by atoms with van der Waals surface area (Å²) in [6, 6.07) is 6.03. The van der Waals surface area contributed by atoms with Crippen LogP contribution in [0.4, 0.5) is 4.79 Å². The fourth-order valence-electron chi connectivity index (χ4n) is 2.06. The number of amides is 2. The van der Waals surface area contributed by atoms with Gasteiger partial charge in [-0.1, -0.05) is 26.0 Å². The van der Waals surface area contributed by atoms with E-state index in [1.807, 2.05) is 13.8 Å². The molecule has 0 radical (unpaired) electrons. The van der Waals surface area contributed by atoms with Crippen LogP contribution in [0.3, 0.4) is 0 Å². The number of carboxylic acid groups (broad SMARTS) is 1. The Morgan fingerprint density at radius 1 is 1.09 bits per heavy atom. The van der Waals surface area contributed by atoms with E-state index in [2.05, 4.69) is 10.6 Å². The summed E-state index contributed by atoms with van der Waals surface area (Å²) < 4.78 is 0. The van der Waals surface area contributed by atoms with E-state index in [9.17, 15) is 14.7 Å². The first-order chi connectivity index (χ1) is 10.5. The Bertz CT molecular complexity index is 487. The number of aliphatic hydroxyl groups excluding tert-OH is 1. The molecule has 0 unspecified atom stereocenters. The van der Waals surface area contributed by atoms with Crippen molar-refractivity contribution in [3.05, 3.63) is 35.4 Å². The van der Waals surface area contributed by atoms with Crippen molar-refractivity contribution in [2.75, 3.05) is 13.2 Å². The molecule has 2 amide bonds. The van der Waals surface area contributed by atoms with Crippen LogP contribution in [0.25, 0.3) is 0 Å². The van der Waals surface area contributed by atoms with Crippen LogP contribution in [0.15, 0.2) is 24.3 Å². The molecule has 6 heteroatoms. The van der Waals surface area contributed by atoms with Gasteiger partial charge in [-0.2, -0.15) is 0 Å². The number of carboxylic acids is 1. The maximum absolute atomic E-state index is 11.8. The third-order valence-corrected chi connectivity index (χ3v) is 4.11. The van der Waals surface area contributed by atoms with Crippen LogP contribution < -0.4 is 10.6 Å². The molecule has 0 atom stereocenters. The average molecular weight is 308 g/mol. The molecule has 0 aliphatic carbocycles. The van der Waals surface area contributed by atoms with Crippen LogP contribution in [-0.2, 0) is 6.54 Å². The number of hydrogen-bond donors (Lipinski definition) is 4. The molecular weight excluding hydrogens is 284 g/mol. The molecule has 0 saturated heterocycles. The third kappa shape index (κ3) is 5.04. The summed E-state index contributed by atoms with van der Waals surface area (Å²) in [5, 5.41) is 23.7. The molecule has 0 bridgehead atoms. The molecule has 22 heavy (non-hydrogen) atoms. The zero-order chi connectivity index (χ0) is 16.6. The second kappa shape index (κ2) is 8.38.